The zero-order valence-corrected chi connectivity index (χ0v) is 22.1. The van der Waals surface area contributed by atoms with Gasteiger partial charge in [0.1, 0.15) is 0 Å². The molecule has 2 fully saturated rings. The molecule has 3 aliphatic rings. The van der Waals surface area contributed by atoms with Gasteiger partial charge in [-0.3, -0.25) is 0 Å². The van der Waals surface area contributed by atoms with Gasteiger partial charge in [0.05, 0.1) is 6.07 Å². The molecule has 32 heavy (non-hydrogen) atoms. The summed E-state index contributed by atoms with van der Waals surface area (Å²) >= 11 is 0. The van der Waals surface area contributed by atoms with Crippen LogP contribution in [0, 0.1) is 64.1 Å². The average Bonchev–Trinajstić information content (AvgIpc) is 3.48. The van der Waals surface area contributed by atoms with Gasteiger partial charge in [-0.15, -0.1) is 0 Å². The summed E-state index contributed by atoms with van der Waals surface area (Å²) in [6.07, 6.45) is 18.2. The van der Waals surface area contributed by atoms with Crippen LogP contribution in [0.25, 0.3) is 0 Å². The standard InChI is InChI=1S/C30H52N2/c1-7-8-11-27(30(6)15-10-9-12-28(30)29-20-32-29)23(5)25-14-13-24(17-25)18-26(19-31)22(4)16-21(2)3/h9,12,21-29,32H,7-8,10-11,13-18,20H2,1-6H3. The zero-order chi connectivity index (χ0) is 23.3. The number of hydrogen-bond donors (Lipinski definition) is 1. The second kappa shape index (κ2) is 11.6. The van der Waals surface area contributed by atoms with Crippen LogP contribution in [0.2, 0.25) is 0 Å². The van der Waals surface area contributed by atoms with E-state index in [0.29, 0.717) is 17.3 Å². The van der Waals surface area contributed by atoms with E-state index in [2.05, 4.69) is 65.1 Å². The van der Waals surface area contributed by atoms with Crippen LogP contribution in [-0.4, -0.2) is 12.6 Å². The third kappa shape index (κ3) is 6.20. The molecule has 1 N–H and O–H groups in total. The molecule has 0 aromatic carbocycles. The molecule has 1 heterocycles. The fourth-order valence-corrected chi connectivity index (χ4v) is 7.80. The van der Waals surface area contributed by atoms with Crippen LogP contribution in [0.5, 0.6) is 0 Å². The Balaban J connectivity index is 1.66. The minimum atomic E-state index is 0.249. The normalized spacial score (nSPS) is 35.9. The van der Waals surface area contributed by atoms with Crippen LogP contribution in [0.15, 0.2) is 12.2 Å². The SMILES string of the molecule is CCCCC(C(C)C1CCC(CC(C#N)C(C)CC(C)C)C1)C1(C)CCC=CC1C1CN1. The van der Waals surface area contributed by atoms with E-state index in [1.807, 2.05) is 0 Å². The number of nitrogens with one attached hydrogen (secondary N) is 1. The number of rotatable bonds is 12. The van der Waals surface area contributed by atoms with Crippen molar-refractivity contribution in [3.8, 4) is 6.07 Å². The highest BCUT2D eigenvalue weighted by Gasteiger charge is 2.50. The molecule has 3 rings (SSSR count). The third-order valence-corrected chi connectivity index (χ3v) is 9.79. The summed E-state index contributed by atoms with van der Waals surface area (Å²) in [7, 11) is 0. The Morgan fingerprint density at radius 2 is 1.94 bits per heavy atom. The summed E-state index contributed by atoms with van der Waals surface area (Å²) in [5.41, 5.74) is 0.441. The molecule has 1 aliphatic heterocycles. The van der Waals surface area contributed by atoms with Gasteiger partial charge < -0.3 is 5.32 Å². The van der Waals surface area contributed by atoms with Crippen LogP contribution >= 0.6 is 0 Å². The Hall–Kier alpha value is -0.810. The van der Waals surface area contributed by atoms with Gasteiger partial charge >= 0.3 is 0 Å². The molecule has 0 amide bonds. The Morgan fingerprint density at radius 3 is 2.56 bits per heavy atom. The molecule has 0 aromatic rings. The second-order valence-electron chi connectivity index (χ2n) is 12.6. The minimum absolute atomic E-state index is 0.249. The van der Waals surface area contributed by atoms with Crippen molar-refractivity contribution in [2.45, 2.75) is 112 Å². The van der Waals surface area contributed by atoms with E-state index in [0.717, 1.165) is 42.1 Å². The van der Waals surface area contributed by atoms with E-state index in [1.54, 1.807) is 0 Å². The molecule has 2 heteroatoms. The molecule has 9 atom stereocenters. The summed E-state index contributed by atoms with van der Waals surface area (Å²) in [6, 6.07) is 3.42. The first-order valence-electron chi connectivity index (χ1n) is 14.1. The number of nitrogens with zero attached hydrogens (tertiary/aromatic N) is 1. The monoisotopic (exact) mass is 440 g/mol. The van der Waals surface area contributed by atoms with E-state index < -0.39 is 0 Å². The molecule has 2 nitrogen and oxygen atoms in total. The summed E-state index contributed by atoms with van der Waals surface area (Å²) < 4.78 is 0. The van der Waals surface area contributed by atoms with Crippen LogP contribution in [0.3, 0.4) is 0 Å². The molecule has 0 spiro atoms. The van der Waals surface area contributed by atoms with Crippen LogP contribution in [0.4, 0.5) is 0 Å². The van der Waals surface area contributed by atoms with E-state index in [-0.39, 0.29) is 5.92 Å². The van der Waals surface area contributed by atoms with E-state index in [4.69, 9.17) is 0 Å². The van der Waals surface area contributed by atoms with Crippen molar-refractivity contribution in [2.24, 2.45) is 52.8 Å². The maximum absolute atomic E-state index is 9.86. The molecule has 2 aliphatic carbocycles. The largest absolute Gasteiger partial charge is 0.311 e. The number of nitriles is 1. The van der Waals surface area contributed by atoms with Crippen molar-refractivity contribution >= 4 is 0 Å². The molecule has 9 unspecified atom stereocenters. The van der Waals surface area contributed by atoms with Gasteiger partial charge in [0, 0.05) is 18.5 Å². The highest BCUT2D eigenvalue weighted by atomic mass is 15.1. The average molecular weight is 441 g/mol. The zero-order valence-electron chi connectivity index (χ0n) is 22.1. The summed E-state index contributed by atoms with van der Waals surface area (Å²) in [5, 5.41) is 13.5. The lowest BCUT2D eigenvalue weighted by molar-refractivity contribution is 0.0290. The van der Waals surface area contributed by atoms with Crippen molar-refractivity contribution in [3.05, 3.63) is 12.2 Å². The lowest BCUT2D eigenvalue weighted by Gasteiger charge is -2.49. The molecule has 1 saturated carbocycles. The second-order valence-corrected chi connectivity index (χ2v) is 12.6. The van der Waals surface area contributed by atoms with Crippen molar-refractivity contribution < 1.29 is 0 Å². The Morgan fingerprint density at radius 1 is 1.19 bits per heavy atom. The van der Waals surface area contributed by atoms with Crippen molar-refractivity contribution in [3.63, 3.8) is 0 Å². The first-order valence-corrected chi connectivity index (χ1v) is 14.1. The van der Waals surface area contributed by atoms with Crippen LogP contribution in [0.1, 0.15) is 106 Å². The topological polar surface area (TPSA) is 45.7 Å². The number of unbranched alkanes of at least 4 members (excludes halogenated alkanes) is 1. The molecule has 1 saturated heterocycles. The highest BCUT2D eigenvalue weighted by molar-refractivity contribution is 5.13. The summed E-state index contributed by atoms with van der Waals surface area (Å²) in [5.74, 6) is 5.46. The van der Waals surface area contributed by atoms with Crippen LogP contribution in [-0.2, 0) is 0 Å². The van der Waals surface area contributed by atoms with Crippen molar-refractivity contribution in [1.82, 2.24) is 5.32 Å². The molecule has 0 aromatic heterocycles. The van der Waals surface area contributed by atoms with E-state index in [9.17, 15) is 5.26 Å². The Labute approximate surface area is 200 Å². The minimum Gasteiger partial charge on any atom is -0.311 e. The molecule has 182 valence electrons. The fourth-order valence-electron chi connectivity index (χ4n) is 7.80. The van der Waals surface area contributed by atoms with Gasteiger partial charge in [0.2, 0.25) is 0 Å². The van der Waals surface area contributed by atoms with E-state index in [1.165, 1.54) is 64.3 Å². The molecule has 0 radical (unpaired) electrons. The first-order chi connectivity index (χ1) is 15.3. The smallest absolute Gasteiger partial charge is 0.0658 e. The van der Waals surface area contributed by atoms with Crippen molar-refractivity contribution in [1.29, 1.82) is 5.26 Å². The predicted molar refractivity (Wildman–Crippen MR) is 137 cm³/mol. The summed E-state index contributed by atoms with van der Waals surface area (Å²) in [6.45, 7) is 15.7. The van der Waals surface area contributed by atoms with Gasteiger partial charge in [0.15, 0.2) is 0 Å². The van der Waals surface area contributed by atoms with Gasteiger partial charge in [-0.25, -0.2) is 0 Å². The third-order valence-electron chi connectivity index (χ3n) is 9.79. The molecule has 0 bridgehead atoms. The van der Waals surface area contributed by atoms with E-state index >= 15 is 0 Å². The lowest BCUT2D eigenvalue weighted by atomic mass is 9.56. The van der Waals surface area contributed by atoms with Crippen LogP contribution < -0.4 is 5.32 Å². The predicted octanol–water partition coefficient (Wildman–Crippen LogP) is 8.00. The molecular formula is C30H52N2. The lowest BCUT2D eigenvalue weighted by Crippen LogP contribution is -2.43. The summed E-state index contributed by atoms with van der Waals surface area (Å²) in [4.78, 5) is 0. The quantitative estimate of drug-likeness (QED) is 0.247. The highest BCUT2D eigenvalue weighted by Crippen LogP contribution is 2.54. The maximum atomic E-state index is 9.86. The Bertz CT molecular complexity index is 642. The number of hydrogen-bond acceptors (Lipinski definition) is 2. The van der Waals surface area contributed by atoms with Gasteiger partial charge in [-0.1, -0.05) is 73.0 Å². The fraction of sp³-hybridized carbons (Fsp3) is 0.900. The Kier molecular flexibility index (Phi) is 9.32. The number of allylic oxidation sites excluding steroid dienone is 1. The van der Waals surface area contributed by atoms with Gasteiger partial charge in [-0.2, -0.15) is 5.26 Å². The first kappa shape index (κ1) is 25.8. The molecular weight excluding hydrogens is 388 g/mol. The van der Waals surface area contributed by atoms with Gasteiger partial charge in [0.25, 0.3) is 0 Å². The van der Waals surface area contributed by atoms with Crippen molar-refractivity contribution in [2.75, 3.05) is 6.54 Å². The van der Waals surface area contributed by atoms with Gasteiger partial charge in [-0.05, 0) is 91.8 Å². The maximum Gasteiger partial charge on any atom is 0.0658 e.